The lowest BCUT2D eigenvalue weighted by molar-refractivity contribution is -0.119. The molecule has 0 aliphatic heterocycles. The third kappa shape index (κ3) is 5.13. The highest BCUT2D eigenvalue weighted by Gasteiger charge is 2.11. The molecule has 0 bridgehead atoms. The lowest BCUT2D eigenvalue weighted by Gasteiger charge is -2.13. The monoisotopic (exact) mass is 386 g/mol. The van der Waals surface area contributed by atoms with E-state index in [0.29, 0.717) is 22.4 Å². The molecule has 0 aliphatic carbocycles. The molecule has 1 heterocycles. The molecular formula is C20H19ClN2O2S. The summed E-state index contributed by atoms with van der Waals surface area (Å²) in [4.78, 5) is 16.5. The van der Waals surface area contributed by atoms with Crippen LogP contribution < -0.4 is 5.32 Å². The SMILES string of the molecule is C[C@H](NC(=O)CSCc1coc(-c2ccc(Cl)cc2)n1)c1ccccc1. The summed E-state index contributed by atoms with van der Waals surface area (Å²) >= 11 is 7.39. The van der Waals surface area contributed by atoms with Gasteiger partial charge in [-0.15, -0.1) is 11.8 Å². The van der Waals surface area contributed by atoms with E-state index < -0.39 is 0 Å². The van der Waals surface area contributed by atoms with Crippen molar-refractivity contribution in [2.75, 3.05) is 5.75 Å². The van der Waals surface area contributed by atoms with E-state index in [1.807, 2.05) is 49.4 Å². The highest BCUT2D eigenvalue weighted by molar-refractivity contribution is 7.99. The topological polar surface area (TPSA) is 55.1 Å². The fourth-order valence-electron chi connectivity index (χ4n) is 2.45. The number of hydrogen-bond donors (Lipinski definition) is 1. The summed E-state index contributed by atoms with van der Waals surface area (Å²) in [5.74, 6) is 1.55. The maximum absolute atomic E-state index is 12.1. The van der Waals surface area contributed by atoms with Gasteiger partial charge in [0.15, 0.2) is 0 Å². The fourth-order valence-corrected chi connectivity index (χ4v) is 3.29. The third-order valence-electron chi connectivity index (χ3n) is 3.80. The molecule has 1 atom stereocenters. The van der Waals surface area contributed by atoms with Crippen molar-refractivity contribution >= 4 is 29.3 Å². The van der Waals surface area contributed by atoms with E-state index in [1.54, 1.807) is 18.4 Å². The Morgan fingerprint density at radius 3 is 2.65 bits per heavy atom. The number of nitrogens with one attached hydrogen (secondary N) is 1. The highest BCUT2D eigenvalue weighted by atomic mass is 35.5. The van der Waals surface area contributed by atoms with Gasteiger partial charge in [0.25, 0.3) is 0 Å². The van der Waals surface area contributed by atoms with Crippen LogP contribution in [0.5, 0.6) is 0 Å². The molecule has 2 aromatic carbocycles. The van der Waals surface area contributed by atoms with Crippen LogP contribution in [0.25, 0.3) is 11.5 Å². The first-order valence-corrected chi connectivity index (χ1v) is 9.77. The summed E-state index contributed by atoms with van der Waals surface area (Å²) in [5, 5.41) is 3.68. The van der Waals surface area contributed by atoms with Gasteiger partial charge in [0.1, 0.15) is 6.26 Å². The molecule has 0 fully saturated rings. The smallest absolute Gasteiger partial charge is 0.230 e. The number of carbonyl (C=O) groups excluding carboxylic acids is 1. The zero-order valence-corrected chi connectivity index (χ0v) is 15.9. The molecule has 1 N–H and O–H groups in total. The van der Waals surface area contributed by atoms with Gasteiger partial charge in [-0.2, -0.15) is 0 Å². The standard InChI is InChI=1S/C20H19ClN2O2S/c1-14(15-5-3-2-4-6-15)22-19(24)13-26-12-18-11-25-20(23-18)16-7-9-17(21)10-8-16/h2-11,14H,12-13H2,1H3,(H,22,24)/t14-/m0/s1. The molecular weight excluding hydrogens is 368 g/mol. The minimum absolute atomic E-state index is 0.00661. The molecule has 0 unspecified atom stereocenters. The van der Waals surface area contributed by atoms with Gasteiger partial charge in [-0.25, -0.2) is 4.98 Å². The molecule has 0 aliphatic rings. The third-order valence-corrected chi connectivity index (χ3v) is 5.02. The Bertz CT molecular complexity index is 850. The van der Waals surface area contributed by atoms with Crippen molar-refractivity contribution in [1.82, 2.24) is 10.3 Å². The first-order valence-electron chi connectivity index (χ1n) is 8.24. The molecule has 0 spiro atoms. The molecule has 1 aromatic heterocycles. The molecule has 6 heteroatoms. The second-order valence-electron chi connectivity index (χ2n) is 5.84. The van der Waals surface area contributed by atoms with E-state index in [0.717, 1.165) is 16.8 Å². The van der Waals surface area contributed by atoms with Crippen LogP contribution in [0.3, 0.4) is 0 Å². The van der Waals surface area contributed by atoms with Crippen molar-refractivity contribution in [2.24, 2.45) is 0 Å². The molecule has 0 saturated heterocycles. The average molecular weight is 387 g/mol. The van der Waals surface area contributed by atoms with Crippen LogP contribution in [0, 0.1) is 0 Å². The van der Waals surface area contributed by atoms with Crippen molar-refractivity contribution in [3.8, 4) is 11.5 Å². The minimum Gasteiger partial charge on any atom is -0.444 e. The van der Waals surface area contributed by atoms with Crippen LogP contribution in [0.15, 0.2) is 65.3 Å². The zero-order valence-electron chi connectivity index (χ0n) is 14.3. The molecule has 26 heavy (non-hydrogen) atoms. The number of aromatic nitrogens is 1. The van der Waals surface area contributed by atoms with Crippen LogP contribution >= 0.6 is 23.4 Å². The van der Waals surface area contributed by atoms with Crippen LogP contribution in [0.1, 0.15) is 24.2 Å². The lowest BCUT2D eigenvalue weighted by atomic mass is 10.1. The van der Waals surface area contributed by atoms with E-state index >= 15 is 0 Å². The van der Waals surface area contributed by atoms with Gasteiger partial charge in [0, 0.05) is 16.3 Å². The number of benzene rings is 2. The molecule has 1 amide bonds. The molecule has 134 valence electrons. The van der Waals surface area contributed by atoms with E-state index in [2.05, 4.69) is 10.3 Å². The van der Waals surface area contributed by atoms with Gasteiger partial charge in [-0.3, -0.25) is 4.79 Å². The number of halogens is 1. The summed E-state index contributed by atoms with van der Waals surface area (Å²) < 4.78 is 5.50. The Morgan fingerprint density at radius 2 is 1.92 bits per heavy atom. The van der Waals surface area contributed by atoms with Gasteiger partial charge in [-0.1, -0.05) is 41.9 Å². The van der Waals surface area contributed by atoms with Gasteiger partial charge in [0.05, 0.1) is 17.5 Å². The quantitative estimate of drug-likeness (QED) is 0.613. The normalized spacial score (nSPS) is 11.9. The first kappa shape index (κ1) is 18.5. The van der Waals surface area contributed by atoms with Crippen LogP contribution in [-0.4, -0.2) is 16.6 Å². The summed E-state index contributed by atoms with van der Waals surface area (Å²) in [6.45, 7) is 1.98. The Labute approximate surface area is 162 Å². The maximum Gasteiger partial charge on any atom is 0.230 e. The van der Waals surface area contributed by atoms with Crippen LogP contribution in [-0.2, 0) is 10.5 Å². The van der Waals surface area contributed by atoms with Crippen molar-refractivity contribution in [2.45, 2.75) is 18.7 Å². The van der Waals surface area contributed by atoms with Crippen molar-refractivity contribution in [1.29, 1.82) is 0 Å². The molecule has 4 nitrogen and oxygen atoms in total. The number of hydrogen-bond acceptors (Lipinski definition) is 4. The highest BCUT2D eigenvalue weighted by Crippen LogP contribution is 2.22. The van der Waals surface area contributed by atoms with Crippen LogP contribution in [0.2, 0.25) is 5.02 Å². The predicted molar refractivity (Wildman–Crippen MR) is 106 cm³/mol. The molecule has 3 aromatic rings. The Balaban J connectivity index is 1.46. The van der Waals surface area contributed by atoms with E-state index in [1.165, 1.54) is 11.8 Å². The van der Waals surface area contributed by atoms with E-state index in [9.17, 15) is 4.79 Å². The van der Waals surface area contributed by atoms with E-state index in [4.69, 9.17) is 16.0 Å². The average Bonchev–Trinajstić information content (AvgIpc) is 3.12. The summed E-state index contributed by atoms with van der Waals surface area (Å²) in [6, 6.07) is 17.2. The Morgan fingerprint density at radius 1 is 1.19 bits per heavy atom. The Hall–Kier alpha value is -2.24. The lowest BCUT2D eigenvalue weighted by Crippen LogP contribution is -2.28. The number of thioether (sulfide) groups is 1. The predicted octanol–water partition coefficient (Wildman–Crippen LogP) is 5.11. The molecule has 0 saturated carbocycles. The summed E-state index contributed by atoms with van der Waals surface area (Å²) in [5.41, 5.74) is 2.78. The number of rotatable bonds is 7. The van der Waals surface area contributed by atoms with E-state index in [-0.39, 0.29) is 11.9 Å². The van der Waals surface area contributed by atoms with Gasteiger partial charge >= 0.3 is 0 Å². The molecule has 0 radical (unpaired) electrons. The van der Waals surface area contributed by atoms with Crippen molar-refractivity contribution < 1.29 is 9.21 Å². The largest absolute Gasteiger partial charge is 0.444 e. The van der Waals surface area contributed by atoms with Crippen molar-refractivity contribution in [3.63, 3.8) is 0 Å². The molecule has 3 rings (SSSR count). The summed E-state index contributed by atoms with van der Waals surface area (Å²) in [7, 11) is 0. The second kappa shape index (κ2) is 8.92. The number of nitrogens with zero attached hydrogens (tertiary/aromatic N) is 1. The number of carbonyl (C=O) groups is 1. The zero-order chi connectivity index (χ0) is 18.4. The maximum atomic E-state index is 12.1. The second-order valence-corrected chi connectivity index (χ2v) is 7.27. The fraction of sp³-hybridized carbons (Fsp3) is 0.200. The van der Waals surface area contributed by atoms with Gasteiger partial charge in [-0.05, 0) is 36.8 Å². The van der Waals surface area contributed by atoms with Gasteiger partial charge in [0.2, 0.25) is 11.8 Å². The van der Waals surface area contributed by atoms with Crippen molar-refractivity contribution in [3.05, 3.63) is 77.1 Å². The number of oxazole rings is 1. The van der Waals surface area contributed by atoms with Gasteiger partial charge < -0.3 is 9.73 Å². The Kier molecular flexibility index (Phi) is 6.36. The first-order chi connectivity index (χ1) is 12.6. The summed E-state index contributed by atoms with van der Waals surface area (Å²) in [6.07, 6.45) is 1.63. The minimum atomic E-state index is -0.00661. The van der Waals surface area contributed by atoms with Crippen LogP contribution in [0.4, 0.5) is 0 Å². The number of amides is 1.